The summed E-state index contributed by atoms with van der Waals surface area (Å²) in [5.41, 5.74) is 6.54. The van der Waals surface area contributed by atoms with Crippen LogP contribution in [0.15, 0.2) is 30.3 Å². The van der Waals surface area contributed by atoms with E-state index in [1.165, 1.54) is 0 Å². The molecule has 0 bridgehead atoms. The Morgan fingerprint density at radius 3 is 2.71 bits per heavy atom. The summed E-state index contributed by atoms with van der Waals surface area (Å²) >= 11 is 0. The fraction of sp³-hybridized carbons (Fsp3) is 0.562. The second-order valence-corrected chi connectivity index (χ2v) is 5.78. The van der Waals surface area contributed by atoms with Crippen LogP contribution in [0.2, 0.25) is 0 Å². The molecule has 1 fully saturated rings. The zero-order chi connectivity index (χ0) is 15.1. The lowest BCUT2D eigenvalue weighted by Gasteiger charge is -2.24. The summed E-state index contributed by atoms with van der Waals surface area (Å²) in [6.07, 6.45) is 1.01. The van der Waals surface area contributed by atoms with Gasteiger partial charge in [-0.25, -0.2) is 4.79 Å². The van der Waals surface area contributed by atoms with Gasteiger partial charge in [0.25, 0.3) is 0 Å². The van der Waals surface area contributed by atoms with Gasteiger partial charge in [-0.1, -0.05) is 25.1 Å². The molecule has 21 heavy (non-hydrogen) atoms. The monoisotopic (exact) mass is 290 g/mol. The van der Waals surface area contributed by atoms with Crippen molar-refractivity contribution in [1.29, 1.82) is 0 Å². The van der Waals surface area contributed by atoms with Crippen LogP contribution in [0.25, 0.3) is 0 Å². The molecule has 1 unspecified atom stereocenters. The highest BCUT2D eigenvalue weighted by atomic mass is 16.2. The highest BCUT2D eigenvalue weighted by Gasteiger charge is 2.19. The van der Waals surface area contributed by atoms with Crippen molar-refractivity contribution in [3.05, 3.63) is 30.3 Å². The Hall–Kier alpha value is -1.59. The maximum atomic E-state index is 12.3. The smallest absolute Gasteiger partial charge is 0.321 e. The third-order valence-electron chi connectivity index (χ3n) is 3.87. The molecular weight excluding hydrogens is 264 g/mol. The second kappa shape index (κ2) is 8.00. The Balaban J connectivity index is 1.83. The summed E-state index contributed by atoms with van der Waals surface area (Å²) in [6, 6.07) is 9.60. The standard InChI is InChI=1S/C16H26N4O/c1-14(12-17)13-19-8-5-9-20(11-10-19)16(21)18-15-6-3-2-4-7-15/h2-4,6-7,14H,5,8-13,17H2,1H3,(H,18,21). The van der Waals surface area contributed by atoms with Gasteiger partial charge in [0.15, 0.2) is 0 Å². The zero-order valence-electron chi connectivity index (χ0n) is 12.8. The molecular formula is C16H26N4O. The number of carbonyl (C=O) groups excluding carboxylic acids is 1. The van der Waals surface area contributed by atoms with Gasteiger partial charge in [-0.2, -0.15) is 0 Å². The first-order valence-electron chi connectivity index (χ1n) is 7.72. The van der Waals surface area contributed by atoms with Crippen molar-refractivity contribution >= 4 is 11.7 Å². The van der Waals surface area contributed by atoms with E-state index >= 15 is 0 Å². The Morgan fingerprint density at radius 1 is 1.24 bits per heavy atom. The number of nitrogens with two attached hydrogens (primary N) is 1. The van der Waals surface area contributed by atoms with Crippen LogP contribution in [-0.4, -0.2) is 55.1 Å². The van der Waals surface area contributed by atoms with E-state index in [1.807, 2.05) is 35.2 Å². The lowest BCUT2D eigenvalue weighted by Crippen LogP contribution is -2.39. The molecule has 5 heteroatoms. The van der Waals surface area contributed by atoms with Gasteiger partial charge >= 0.3 is 6.03 Å². The van der Waals surface area contributed by atoms with Crippen LogP contribution in [0, 0.1) is 5.92 Å². The molecule has 1 aliphatic rings. The highest BCUT2D eigenvalue weighted by Crippen LogP contribution is 2.10. The first-order valence-corrected chi connectivity index (χ1v) is 7.72. The van der Waals surface area contributed by atoms with Crippen molar-refractivity contribution in [2.45, 2.75) is 13.3 Å². The summed E-state index contributed by atoms with van der Waals surface area (Å²) in [5, 5.41) is 2.95. The second-order valence-electron chi connectivity index (χ2n) is 5.78. The molecule has 0 saturated carbocycles. The molecule has 1 aliphatic heterocycles. The number of nitrogens with zero attached hydrogens (tertiary/aromatic N) is 2. The largest absolute Gasteiger partial charge is 0.330 e. The van der Waals surface area contributed by atoms with Crippen molar-refractivity contribution in [2.24, 2.45) is 11.7 Å². The predicted molar refractivity (Wildman–Crippen MR) is 86.3 cm³/mol. The predicted octanol–water partition coefficient (Wildman–Crippen LogP) is 1.82. The van der Waals surface area contributed by atoms with E-state index in [9.17, 15) is 4.79 Å². The van der Waals surface area contributed by atoms with E-state index in [2.05, 4.69) is 17.1 Å². The molecule has 1 aromatic carbocycles. The van der Waals surface area contributed by atoms with E-state index < -0.39 is 0 Å². The van der Waals surface area contributed by atoms with Crippen molar-refractivity contribution in [3.8, 4) is 0 Å². The molecule has 3 N–H and O–H groups in total. The minimum atomic E-state index is -0.00470. The fourth-order valence-corrected chi connectivity index (χ4v) is 2.60. The van der Waals surface area contributed by atoms with Crippen molar-refractivity contribution in [2.75, 3.05) is 44.6 Å². The summed E-state index contributed by atoms with van der Waals surface area (Å²) in [5.74, 6) is 0.509. The number of rotatable bonds is 4. The summed E-state index contributed by atoms with van der Waals surface area (Å²) in [7, 11) is 0. The van der Waals surface area contributed by atoms with Gasteiger partial charge in [0.1, 0.15) is 0 Å². The molecule has 1 saturated heterocycles. The molecule has 0 aliphatic carbocycles. The molecule has 1 aromatic rings. The molecule has 0 spiro atoms. The fourth-order valence-electron chi connectivity index (χ4n) is 2.60. The topological polar surface area (TPSA) is 61.6 Å². The Bertz CT molecular complexity index is 437. The van der Waals surface area contributed by atoms with Gasteiger partial charge in [-0.15, -0.1) is 0 Å². The van der Waals surface area contributed by atoms with Crippen LogP contribution < -0.4 is 11.1 Å². The Kier molecular flexibility index (Phi) is 6.02. The van der Waals surface area contributed by atoms with Crippen LogP contribution in [0.3, 0.4) is 0 Å². The Labute approximate surface area is 127 Å². The number of hydrogen-bond donors (Lipinski definition) is 2. The number of hydrogen-bond acceptors (Lipinski definition) is 3. The first-order chi connectivity index (χ1) is 10.2. The van der Waals surface area contributed by atoms with Crippen molar-refractivity contribution < 1.29 is 4.79 Å². The molecule has 2 amide bonds. The number of para-hydroxylation sites is 1. The van der Waals surface area contributed by atoms with Crippen LogP contribution in [-0.2, 0) is 0 Å². The van der Waals surface area contributed by atoms with Gasteiger partial charge in [0.05, 0.1) is 0 Å². The van der Waals surface area contributed by atoms with Crippen LogP contribution in [0.1, 0.15) is 13.3 Å². The summed E-state index contributed by atoms with van der Waals surface area (Å²) < 4.78 is 0. The number of urea groups is 1. The highest BCUT2D eigenvalue weighted by molar-refractivity contribution is 5.89. The SMILES string of the molecule is CC(CN)CN1CCCN(C(=O)Nc2ccccc2)CC1. The van der Waals surface area contributed by atoms with Crippen LogP contribution in [0.4, 0.5) is 10.5 Å². The Morgan fingerprint density at radius 2 is 2.00 bits per heavy atom. The van der Waals surface area contributed by atoms with Crippen LogP contribution in [0.5, 0.6) is 0 Å². The van der Waals surface area contributed by atoms with Crippen LogP contribution >= 0.6 is 0 Å². The van der Waals surface area contributed by atoms with Gasteiger partial charge in [-0.05, 0) is 37.6 Å². The number of anilines is 1. The van der Waals surface area contributed by atoms with E-state index in [0.29, 0.717) is 12.5 Å². The average molecular weight is 290 g/mol. The van der Waals surface area contributed by atoms with Gasteiger partial charge in [-0.3, -0.25) is 0 Å². The summed E-state index contributed by atoms with van der Waals surface area (Å²) in [4.78, 5) is 16.6. The van der Waals surface area contributed by atoms with E-state index in [1.54, 1.807) is 0 Å². The number of benzene rings is 1. The van der Waals surface area contributed by atoms with Crippen molar-refractivity contribution in [1.82, 2.24) is 9.80 Å². The summed E-state index contributed by atoms with van der Waals surface area (Å²) in [6.45, 7) is 7.46. The minimum absolute atomic E-state index is 0.00470. The van der Waals surface area contributed by atoms with Gasteiger partial charge in [0.2, 0.25) is 0 Å². The minimum Gasteiger partial charge on any atom is -0.330 e. The normalized spacial score (nSPS) is 18.1. The van der Waals surface area contributed by atoms with E-state index in [-0.39, 0.29) is 6.03 Å². The zero-order valence-corrected chi connectivity index (χ0v) is 12.8. The molecule has 1 heterocycles. The molecule has 5 nitrogen and oxygen atoms in total. The van der Waals surface area contributed by atoms with Gasteiger partial charge < -0.3 is 20.9 Å². The maximum absolute atomic E-state index is 12.3. The molecule has 2 rings (SSSR count). The quantitative estimate of drug-likeness (QED) is 0.889. The number of nitrogens with one attached hydrogen (secondary N) is 1. The maximum Gasteiger partial charge on any atom is 0.321 e. The third-order valence-corrected chi connectivity index (χ3v) is 3.87. The number of amides is 2. The third kappa shape index (κ3) is 5.02. The first kappa shape index (κ1) is 15.8. The van der Waals surface area contributed by atoms with E-state index in [0.717, 1.165) is 44.8 Å². The lowest BCUT2D eigenvalue weighted by molar-refractivity contribution is 0.209. The average Bonchev–Trinajstić information content (AvgIpc) is 2.74. The molecule has 0 radical (unpaired) electrons. The van der Waals surface area contributed by atoms with Crippen molar-refractivity contribution in [3.63, 3.8) is 0 Å². The molecule has 116 valence electrons. The lowest BCUT2D eigenvalue weighted by atomic mass is 10.1. The van der Waals surface area contributed by atoms with E-state index in [4.69, 9.17) is 5.73 Å². The molecule has 1 atom stereocenters. The molecule has 0 aromatic heterocycles. The van der Waals surface area contributed by atoms with Gasteiger partial charge in [0, 0.05) is 31.9 Å². The number of carbonyl (C=O) groups is 1.